The molecule has 0 bridgehead atoms. The molecule has 2 rings (SSSR count). The number of nitrogens with one attached hydrogen (secondary N) is 1. The van der Waals surface area contributed by atoms with E-state index in [2.05, 4.69) is 56.4 Å². The van der Waals surface area contributed by atoms with Crippen LogP contribution in [-0.2, 0) is 4.74 Å². The number of hydrogen-bond acceptors (Lipinski definition) is 2. The van der Waals surface area contributed by atoms with Crippen LogP contribution in [0.2, 0.25) is 0 Å². The fourth-order valence-electron chi connectivity index (χ4n) is 3.60. The van der Waals surface area contributed by atoms with E-state index in [1.54, 1.807) is 0 Å². The summed E-state index contributed by atoms with van der Waals surface area (Å²) >= 11 is 0. The molecule has 21 heavy (non-hydrogen) atoms. The van der Waals surface area contributed by atoms with Crippen LogP contribution in [0.3, 0.4) is 0 Å². The Morgan fingerprint density at radius 1 is 1.19 bits per heavy atom. The van der Waals surface area contributed by atoms with Crippen LogP contribution in [-0.4, -0.2) is 25.3 Å². The van der Waals surface area contributed by atoms with Crippen molar-refractivity contribution >= 4 is 0 Å². The topological polar surface area (TPSA) is 21.3 Å². The lowest BCUT2D eigenvalue weighted by Gasteiger charge is -2.37. The van der Waals surface area contributed by atoms with Crippen LogP contribution in [0.15, 0.2) is 30.3 Å². The third kappa shape index (κ3) is 5.12. The second-order valence-corrected chi connectivity index (χ2v) is 6.55. The van der Waals surface area contributed by atoms with E-state index in [0.717, 1.165) is 25.0 Å². The van der Waals surface area contributed by atoms with E-state index in [1.165, 1.54) is 31.2 Å². The van der Waals surface area contributed by atoms with Crippen molar-refractivity contribution in [3.05, 3.63) is 35.9 Å². The molecular formula is C19H31NO. The Hall–Kier alpha value is -0.860. The average Bonchev–Trinajstić information content (AvgIpc) is 2.49. The van der Waals surface area contributed by atoms with E-state index in [-0.39, 0.29) is 0 Å². The summed E-state index contributed by atoms with van der Waals surface area (Å²) in [5.74, 6) is 1.47. The Morgan fingerprint density at radius 3 is 2.62 bits per heavy atom. The standard InChI is InChI=1S/C19H31NO/c1-4-20-19-11-10-17(16-8-6-5-7-9-16)14-18(19)12-13-21-15(2)3/h5-9,15,17-20H,4,10-14H2,1-3H3. The van der Waals surface area contributed by atoms with Gasteiger partial charge in [-0.25, -0.2) is 0 Å². The molecule has 0 heterocycles. The molecule has 2 nitrogen and oxygen atoms in total. The van der Waals surface area contributed by atoms with Gasteiger partial charge in [-0.2, -0.15) is 0 Å². The molecule has 1 aromatic carbocycles. The molecule has 0 aliphatic heterocycles. The first-order valence-corrected chi connectivity index (χ1v) is 8.60. The quantitative estimate of drug-likeness (QED) is 0.805. The van der Waals surface area contributed by atoms with Crippen molar-refractivity contribution < 1.29 is 4.74 Å². The third-order valence-electron chi connectivity index (χ3n) is 4.66. The van der Waals surface area contributed by atoms with Crippen molar-refractivity contribution in [2.75, 3.05) is 13.2 Å². The molecule has 1 N–H and O–H groups in total. The van der Waals surface area contributed by atoms with Crippen molar-refractivity contribution in [3.8, 4) is 0 Å². The van der Waals surface area contributed by atoms with Gasteiger partial charge in [0.25, 0.3) is 0 Å². The maximum atomic E-state index is 5.78. The molecule has 3 unspecified atom stereocenters. The van der Waals surface area contributed by atoms with Gasteiger partial charge in [-0.15, -0.1) is 0 Å². The molecule has 0 saturated heterocycles. The van der Waals surface area contributed by atoms with Gasteiger partial charge < -0.3 is 10.1 Å². The lowest BCUT2D eigenvalue weighted by atomic mass is 9.74. The minimum Gasteiger partial charge on any atom is -0.379 e. The first kappa shape index (κ1) is 16.5. The Kier molecular flexibility index (Phi) is 6.72. The second kappa shape index (κ2) is 8.55. The molecule has 1 aliphatic carbocycles. The van der Waals surface area contributed by atoms with E-state index in [9.17, 15) is 0 Å². The SMILES string of the molecule is CCNC1CCC(c2ccccc2)CC1CCOC(C)C. The summed E-state index contributed by atoms with van der Waals surface area (Å²) in [4.78, 5) is 0. The van der Waals surface area contributed by atoms with Gasteiger partial charge in [0.15, 0.2) is 0 Å². The predicted octanol–water partition coefficient (Wildman–Crippen LogP) is 4.36. The highest BCUT2D eigenvalue weighted by Crippen LogP contribution is 2.37. The molecule has 0 spiro atoms. The molecule has 1 saturated carbocycles. The fraction of sp³-hybridized carbons (Fsp3) is 0.684. The average molecular weight is 289 g/mol. The predicted molar refractivity (Wildman–Crippen MR) is 89.7 cm³/mol. The molecule has 3 atom stereocenters. The maximum absolute atomic E-state index is 5.78. The van der Waals surface area contributed by atoms with Crippen LogP contribution in [0.5, 0.6) is 0 Å². The van der Waals surface area contributed by atoms with Gasteiger partial charge in [0.05, 0.1) is 6.10 Å². The first-order chi connectivity index (χ1) is 10.2. The van der Waals surface area contributed by atoms with Crippen molar-refractivity contribution in [1.29, 1.82) is 0 Å². The van der Waals surface area contributed by atoms with Gasteiger partial charge in [-0.3, -0.25) is 0 Å². The van der Waals surface area contributed by atoms with Crippen LogP contribution >= 0.6 is 0 Å². The minimum atomic E-state index is 0.344. The number of rotatable bonds is 7. The molecule has 118 valence electrons. The van der Waals surface area contributed by atoms with Gasteiger partial charge in [0.2, 0.25) is 0 Å². The Bertz CT molecular complexity index is 390. The monoisotopic (exact) mass is 289 g/mol. The van der Waals surface area contributed by atoms with Gasteiger partial charge in [-0.05, 0) is 63.5 Å². The smallest absolute Gasteiger partial charge is 0.0518 e. The molecule has 1 aromatic rings. The zero-order valence-corrected chi connectivity index (χ0v) is 13.8. The summed E-state index contributed by atoms with van der Waals surface area (Å²) in [6, 6.07) is 11.7. The third-order valence-corrected chi connectivity index (χ3v) is 4.66. The van der Waals surface area contributed by atoms with E-state index >= 15 is 0 Å². The molecular weight excluding hydrogens is 258 g/mol. The highest BCUT2D eigenvalue weighted by molar-refractivity contribution is 5.20. The number of ether oxygens (including phenoxy) is 1. The van der Waals surface area contributed by atoms with Crippen molar-refractivity contribution in [2.45, 2.75) is 64.5 Å². The molecule has 0 aromatic heterocycles. The Balaban J connectivity index is 1.94. The first-order valence-electron chi connectivity index (χ1n) is 8.60. The van der Waals surface area contributed by atoms with Crippen LogP contribution in [0.4, 0.5) is 0 Å². The van der Waals surface area contributed by atoms with Crippen molar-refractivity contribution in [2.24, 2.45) is 5.92 Å². The van der Waals surface area contributed by atoms with Gasteiger partial charge >= 0.3 is 0 Å². The van der Waals surface area contributed by atoms with Crippen LogP contribution in [0.1, 0.15) is 57.9 Å². The minimum absolute atomic E-state index is 0.344. The van der Waals surface area contributed by atoms with Crippen LogP contribution in [0.25, 0.3) is 0 Å². The van der Waals surface area contributed by atoms with E-state index in [1.807, 2.05) is 0 Å². The highest BCUT2D eigenvalue weighted by atomic mass is 16.5. The maximum Gasteiger partial charge on any atom is 0.0518 e. The molecule has 1 fully saturated rings. The van der Waals surface area contributed by atoms with Crippen molar-refractivity contribution in [1.82, 2.24) is 5.32 Å². The summed E-state index contributed by atoms with van der Waals surface area (Å²) in [5, 5.41) is 3.69. The number of benzene rings is 1. The largest absolute Gasteiger partial charge is 0.379 e. The van der Waals surface area contributed by atoms with Crippen LogP contribution in [0, 0.1) is 5.92 Å². The normalized spacial score (nSPS) is 26.2. The molecule has 1 aliphatic rings. The summed E-state index contributed by atoms with van der Waals surface area (Å²) in [7, 11) is 0. The van der Waals surface area contributed by atoms with Crippen molar-refractivity contribution in [3.63, 3.8) is 0 Å². The summed E-state index contributed by atoms with van der Waals surface area (Å²) in [6.45, 7) is 8.42. The van der Waals surface area contributed by atoms with E-state index in [4.69, 9.17) is 4.74 Å². The summed E-state index contributed by atoms with van der Waals surface area (Å²) < 4.78 is 5.78. The lowest BCUT2D eigenvalue weighted by molar-refractivity contribution is 0.0586. The van der Waals surface area contributed by atoms with Gasteiger partial charge in [-0.1, -0.05) is 37.3 Å². The van der Waals surface area contributed by atoms with Gasteiger partial charge in [0, 0.05) is 12.6 Å². The fourth-order valence-corrected chi connectivity index (χ4v) is 3.60. The van der Waals surface area contributed by atoms with E-state index < -0.39 is 0 Å². The summed E-state index contributed by atoms with van der Waals surface area (Å²) in [6.07, 6.45) is 5.42. The van der Waals surface area contributed by atoms with Gasteiger partial charge in [0.1, 0.15) is 0 Å². The van der Waals surface area contributed by atoms with E-state index in [0.29, 0.717) is 12.1 Å². The Labute approximate surface area is 130 Å². The highest BCUT2D eigenvalue weighted by Gasteiger charge is 2.30. The Morgan fingerprint density at radius 2 is 1.95 bits per heavy atom. The summed E-state index contributed by atoms with van der Waals surface area (Å²) in [5.41, 5.74) is 1.52. The second-order valence-electron chi connectivity index (χ2n) is 6.55. The molecule has 0 radical (unpaired) electrons. The zero-order valence-electron chi connectivity index (χ0n) is 13.8. The molecule has 2 heteroatoms. The molecule has 0 amide bonds. The number of hydrogen-bond donors (Lipinski definition) is 1. The lowest BCUT2D eigenvalue weighted by Crippen LogP contribution is -2.40. The zero-order chi connectivity index (χ0) is 15.1. The van der Waals surface area contributed by atoms with Crippen LogP contribution < -0.4 is 5.32 Å².